The highest BCUT2D eigenvalue weighted by molar-refractivity contribution is 7.88. The molecule has 0 unspecified atom stereocenters. The van der Waals surface area contributed by atoms with Crippen LogP contribution in [-0.4, -0.2) is 38.8 Å². The van der Waals surface area contributed by atoms with Crippen molar-refractivity contribution in [2.24, 2.45) is 23.2 Å². The molecule has 4 aliphatic rings. The van der Waals surface area contributed by atoms with Crippen LogP contribution in [0.2, 0.25) is 0 Å². The van der Waals surface area contributed by atoms with Crippen LogP contribution in [0, 0.1) is 23.2 Å². The largest absolute Gasteiger partial charge is 0.470 e. The minimum atomic E-state index is -6.40. The first-order chi connectivity index (χ1) is 11.5. The Morgan fingerprint density at radius 3 is 1.84 bits per heavy atom. The summed E-state index contributed by atoms with van der Waals surface area (Å²) in [5.74, 6) is -1.39. The topological polar surface area (TPSA) is 86.7 Å². The summed E-state index contributed by atoms with van der Waals surface area (Å²) < 4.78 is 67.5. The number of esters is 2. The van der Waals surface area contributed by atoms with E-state index in [0.717, 1.165) is 38.5 Å². The van der Waals surface area contributed by atoms with Crippen LogP contribution >= 0.6 is 0 Å². The highest BCUT2D eigenvalue weighted by Gasteiger charge is 2.56. The molecule has 0 N–H and O–H groups in total. The number of hydrogen-bond acceptors (Lipinski definition) is 6. The molecule has 0 saturated heterocycles. The second-order valence-corrected chi connectivity index (χ2v) is 8.81. The Morgan fingerprint density at radius 1 is 0.960 bits per heavy atom. The van der Waals surface area contributed by atoms with E-state index in [1.807, 2.05) is 0 Å². The van der Waals surface area contributed by atoms with Gasteiger partial charge in [-0.05, 0) is 56.3 Å². The van der Waals surface area contributed by atoms with E-state index in [1.54, 1.807) is 0 Å². The van der Waals surface area contributed by atoms with Crippen molar-refractivity contribution in [3.8, 4) is 0 Å². The van der Waals surface area contributed by atoms with E-state index >= 15 is 0 Å². The van der Waals surface area contributed by atoms with Crippen molar-refractivity contribution in [1.29, 1.82) is 0 Å². The summed E-state index contributed by atoms with van der Waals surface area (Å²) in [6.07, 6.45) is 5.69. The number of carbonyl (C=O) groups excluding carboxylic acids is 2. The average molecular weight is 384 g/mol. The van der Waals surface area contributed by atoms with Gasteiger partial charge in [-0.2, -0.15) is 17.2 Å². The third-order valence-corrected chi connectivity index (χ3v) is 6.34. The lowest BCUT2D eigenvalue weighted by Crippen LogP contribution is -2.50. The molecule has 0 aromatic carbocycles. The molecule has 4 rings (SSSR count). The fourth-order valence-corrected chi connectivity index (χ4v) is 5.22. The number of carbonyl (C=O) groups is 2. The van der Waals surface area contributed by atoms with Crippen molar-refractivity contribution in [2.75, 3.05) is 13.2 Å². The first-order valence-electron chi connectivity index (χ1n) is 8.20. The Hall–Kier alpha value is -1.32. The number of halogens is 3. The minimum absolute atomic E-state index is 0.424. The zero-order valence-electron chi connectivity index (χ0n) is 13.4. The van der Waals surface area contributed by atoms with Gasteiger partial charge in [0.1, 0.15) is 13.2 Å². The Balaban J connectivity index is 1.48. The summed E-state index contributed by atoms with van der Waals surface area (Å²) in [4.78, 5) is 23.4. The maximum Gasteiger partial charge on any atom is 0.470 e. The van der Waals surface area contributed by atoms with Crippen LogP contribution in [0.3, 0.4) is 0 Å². The Kier molecular flexibility index (Phi) is 4.53. The molecule has 10 heteroatoms. The van der Waals surface area contributed by atoms with Gasteiger partial charge in [0.2, 0.25) is 0 Å². The minimum Gasteiger partial charge on any atom is -0.462 e. The molecular formula is C15H19F3O6S. The van der Waals surface area contributed by atoms with E-state index < -0.39 is 46.0 Å². The molecule has 142 valence electrons. The third kappa shape index (κ3) is 3.37. The highest BCUT2D eigenvalue weighted by atomic mass is 32.3. The highest BCUT2D eigenvalue weighted by Crippen LogP contribution is 2.60. The molecule has 4 saturated carbocycles. The molecule has 0 aromatic heterocycles. The summed E-state index contributed by atoms with van der Waals surface area (Å²) in [5.41, 5.74) is -0.537. The molecule has 6 nitrogen and oxygen atoms in total. The van der Waals surface area contributed by atoms with Crippen molar-refractivity contribution < 1.29 is 40.1 Å². The second-order valence-electron chi connectivity index (χ2n) is 7.42. The van der Waals surface area contributed by atoms with Crippen molar-refractivity contribution >= 4 is 22.2 Å². The summed E-state index contributed by atoms with van der Waals surface area (Å²) in [5, 5.41) is -5.27. The van der Waals surface area contributed by atoms with Crippen LogP contribution in [0.4, 0.5) is 12.7 Å². The normalized spacial score (nSPS) is 34.0. The maximum absolute atomic E-state index is 12.9. The van der Waals surface area contributed by atoms with E-state index in [-0.39, 0.29) is 0 Å². The summed E-state index contributed by atoms with van der Waals surface area (Å²) in [7, 11) is -6.40. The van der Waals surface area contributed by atoms with Gasteiger partial charge in [-0.3, -0.25) is 4.79 Å². The molecule has 25 heavy (non-hydrogen) atoms. The fourth-order valence-electron chi connectivity index (χ4n) is 4.97. The number of hydrogen-bond donors (Lipinski definition) is 0. The second kappa shape index (κ2) is 6.14. The molecule has 0 aliphatic heterocycles. The SMILES string of the molecule is O=C(OCCOC(=O)C(F)(F)S(=O)(=O)F)C12CC3CC(CC(C3)C1)C2. The first-order valence-corrected chi connectivity index (χ1v) is 9.58. The van der Waals surface area contributed by atoms with Gasteiger partial charge in [-0.1, -0.05) is 3.89 Å². The van der Waals surface area contributed by atoms with Gasteiger partial charge in [0.15, 0.2) is 0 Å². The maximum atomic E-state index is 12.9. The molecule has 4 aliphatic carbocycles. The predicted molar refractivity (Wildman–Crippen MR) is 77.5 cm³/mol. The Labute approximate surface area is 143 Å². The Bertz CT molecular complexity index is 639. The van der Waals surface area contributed by atoms with Crippen molar-refractivity contribution in [1.82, 2.24) is 0 Å². The summed E-state index contributed by atoms with van der Waals surface area (Å²) >= 11 is 0. The van der Waals surface area contributed by atoms with Crippen molar-refractivity contribution in [2.45, 2.75) is 43.8 Å². The third-order valence-electron chi connectivity index (χ3n) is 5.56. The van der Waals surface area contributed by atoms with Gasteiger partial charge in [0, 0.05) is 0 Å². The quantitative estimate of drug-likeness (QED) is 0.396. The fraction of sp³-hybridized carbons (Fsp3) is 0.867. The predicted octanol–water partition coefficient (Wildman–Crippen LogP) is 2.18. The monoisotopic (exact) mass is 384 g/mol. The van der Waals surface area contributed by atoms with Crippen LogP contribution in [0.1, 0.15) is 38.5 Å². The molecule has 0 heterocycles. The zero-order valence-corrected chi connectivity index (χ0v) is 14.2. The van der Waals surface area contributed by atoms with Crippen LogP contribution in [-0.2, 0) is 29.3 Å². The van der Waals surface area contributed by atoms with E-state index in [9.17, 15) is 30.7 Å². The van der Waals surface area contributed by atoms with Crippen LogP contribution < -0.4 is 0 Å². The number of ether oxygens (including phenoxy) is 2. The van der Waals surface area contributed by atoms with Gasteiger partial charge >= 0.3 is 27.4 Å². The lowest BCUT2D eigenvalue weighted by molar-refractivity contribution is -0.176. The lowest BCUT2D eigenvalue weighted by Gasteiger charge is -2.55. The molecule has 0 radical (unpaired) electrons. The van der Waals surface area contributed by atoms with E-state index in [4.69, 9.17) is 4.74 Å². The number of alkyl halides is 2. The summed E-state index contributed by atoms with van der Waals surface area (Å²) in [6, 6.07) is 0. The molecule has 0 aromatic rings. The number of rotatable bonds is 6. The molecule has 0 amide bonds. The standard InChI is InChI=1S/C15H19F3O6S/c16-15(17,25(18,21)22)13(20)24-2-1-23-12(19)14-6-9-3-10(7-14)5-11(4-9)8-14/h9-11H,1-8H2. The van der Waals surface area contributed by atoms with Gasteiger partial charge in [0.25, 0.3) is 0 Å². The van der Waals surface area contributed by atoms with Crippen molar-refractivity contribution in [3.05, 3.63) is 0 Å². The van der Waals surface area contributed by atoms with E-state index in [0.29, 0.717) is 17.8 Å². The van der Waals surface area contributed by atoms with Gasteiger partial charge < -0.3 is 9.47 Å². The molecule has 4 fully saturated rings. The van der Waals surface area contributed by atoms with Crippen LogP contribution in [0.15, 0.2) is 0 Å². The van der Waals surface area contributed by atoms with Gasteiger partial charge in [0.05, 0.1) is 5.41 Å². The smallest absolute Gasteiger partial charge is 0.462 e. The van der Waals surface area contributed by atoms with Crippen LogP contribution in [0.5, 0.6) is 0 Å². The Morgan fingerprint density at radius 2 is 1.40 bits per heavy atom. The summed E-state index contributed by atoms with van der Waals surface area (Å²) in [6.45, 7) is -1.24. The van der Waals surface area contributed by atoms with Crippen LogP contribution in [0.25, 0.3) is 0 Å². The van der Waals surface area contributed by atoms with E-state index in [2.05, 4.69) is 4.74 Å². The molecule has 0 spiro atoms. The van der Waals surface area contributed by atoms with Gasteiger partial charge in [-0.15, -0.1) is 0 Å². The van der Waals surface area contributed by atoms with Crippen molar-refractivity contribution in [3.63, 3.8) is 0 Å². The van der Waals surface area contributed by atoms with Gasteiger partial charge in [-0.25, -0.2) is 4.79 Å². The van der Waals surface area contributed by atoms with E-state index in [1.165, 1.54) is 0 Å². The lowest BCUT2D eigenvalue weighted by atomic mass is 9.49. The molecule has 0 atom stereocenters. The molecular weight excluding hydrogens is 365 g/mol. The first kappa shape index (κ1) is 18.5. The zero-order chi connectivity index (χ0) is 18.5. The average Bonchev–Trinajstić information content (AvgIpc) is 2.48. The molecule has 4 bridgehead atoms.